The maximum atomic E-state index is 13.1. The normalized spacial score (nSPS) is 14.7. The number of hydrogen-bond acceptors (Lipinski definition) is 5. The molecule has 0 atom stereocenters. The van der Waals surface area contributed by atoms with E-state index in [-0.39, 0.29) is 16.5 Å². The predicted molar refractivity (Wildman–Crippen MR) is 128 cm³/mol. The van der Waals surface area contributed by atoms with Gasteiger partial charge in [0.2, 0.25) is 0 Å². The van der Waals surface area contributed by atoms with E-state index in [4.69, 9.17) is 16.3 Å². The molecule has 168 valence electrons. The van der Waals surface area contributed by atoms with Crippen molar-refractivity contribution >= 4 is 46.6 Å². The fourth-order valence-electron chi connectivity index (χ4n) is 3.53. The molecule has 2 aromatic carbocycles. The molecule has 0 saturated heterocycles. The first-order valence-corrected chi connectivity index (χ1v) is 10.8. The number of carbonyl (C=O) groups excluding carboxylic acids is 1. The molecular weight excluding hydrogens is 430 g/mol. The summed E-state index contributed by atoms with van der Waals surface area (Å²) in [5.74, 6) is -0.839. The number of rotatable bonds is 8. The number of ether oxygens (including phenoxy) is 1. The lowest BCUT2D eigenvalue weighted by atomic mass is 10.1. The van der Waals surface area contributed by atoms with Crippen molar-refractivity contribution in [3.05, 3.63) is 58.1 Å². The summed E-state index contributed by atoms with van der Waals surface area (Å²) in [6.07, 6.45) is 1.76. The van der Waals surface area contributed by atoms with E-state index in [9.17, 15) is 14.7 Å². The summed E-state index contributed by atoms with van der Waals surface area (Å²) in [7, 11) is 0. The van der Waals surface area contributed by atoms with Crippen LogP contribution in [0.1, 0.15) is 43.6 Å². The zero-order valence-electron chi connectivity index (χ0n) is 18.6. The Morgan fingerprint density at radius 1 is 1.19 bits per heavy atom. The van der Waals surface area contributed by atoms with Gasteiger partial charge in [-0.1, -0.05) is 11.6 Å². The van der Waals surface area contributed by atoms with Crippen LogP contribution in [0.15, 0.2) is 47.1 Å². The molecule has 0 unspecified atom stereocenters. The molecule has 1 aliphatic rings. The maximum absolute atomic E-state index is 13.1. The van der Waals surface area contributed by atoms with Gasteiger partial charge in [-0.15, -0.1) is 0 Å². The van der Waals surface area contributed by atoms with Gasteiger partial charge in [0, 0.05) is 30.4 Å². The highest BCUT2D eigenvalue weighted by Crippen LogP contribution is 2.32. The van der Waals surface area contributed by atoms with Gasteiger partial charge in [-0.3, -0.25) is 4.79 Å². The number of carboxylic acid groups (broad SMARTS) is 1. The van der Waals surface area contributed by atoms with Crippen LogP contribution in [0, 0.1) is 0 Å². The highest BCUT2D eigenvalue weighted by Gasteiger charge is 2.30. The lowest BCUT2D eigenvalue weighted by molar-refractivity contribution is -0.114. The van der Waals surface area contributed by atoms with E-state index < -0.39 is 5.97 Å². The molecule has 0 saturated carbocycles. The number of hydrazone groups is 1. The van der Waals surface area contributed by atoms with Gasteiger partial charge in [0.05, 0.1) is 34.2 Å². The van der Waals surface area contributed by atoms with Crippen molar-refractivity contribution in [3.63, 3.8) is 0 Å². The molecule has 1 amide bonds. The minimum Gasteiger partial charge on any atom is -0.493 e. The zero-order chi connectivity index (χ0) is 23.4. The van der Waals surface area contributed by atoms with Gasteiger partial charge in [-0.2, -0.15) is 10.1 Å². The van der Waals surface area contributed by atoms with E-state index >= 15 is 0 Å². The quantitative estimate of drug-likeness (QED) is 0.560. The van der Waals surface area contributed by atoms with E-state index in [0.29, 0.717) is 29.3 Å². The van der Waals surface area contributed by atoms with Crippen molar-refractivity contribution in [2.75, 3.05) is 29.6 Å². The third kappa shape index (κ3) is 4.62. The Morgan fingerprint density at radius 2 is 1.91 bits per heavy atom. The van der Waals surface area contributed by atoms with Crippen molar-refractivity contribution in [2.45, 2.75) is 27.7 Å². The SMILES string of the molecule is CCOc1cc(N(CC)CC)ccc1/C=C1\C(=O)N(c2ccc(Cl)c(C(=O)O)c2)N=C1C. The van der Waals surface area contributed by atoms with Crippen LogP contribution in [0.3, 0.4) is 0 Å². The Balaban J connectivity index is 1.98. The minimum atomic E-state index is -1.17. The average Bonchev–Trinajstić information content (AvgIpc) is 3.04. The molecule has 1 aliphatic heterocycles. The summed E-state index contributed by atoms with van der Waals surface area (Å²) >= 11 is 5.95. The smallest absolute Gasteiger partial charge is 0.337 e. The molecule has 3 rings (SSSR count). The predicted octanol–water partition coefficient (Wildman–Crippen LogP) is 5.09. The van der Waals surface area contributed by atoms with Gasteiger partial charge in [0.25, 0.3) is 5.91 Å². The molecule has 1 N–H and O–H groups in total. The summed E-state index contributed by atoms with van der Waals surface area (Å²) in [5.41, 5.74) is 3.00. The summed E-state index contributed by atoms with van der Waals surface area (Å²) in [5, 5.41) is 15.0. The third-order valence-electron chi connectivity index (χ3n) is 5.21. The zero-order valence-corrected chi connectivity index (χ0v) is 19.3. The van der Waals surface area contributed by atoms with Crippen molar-refractivity contribution in [3.8, 4) is 5.75 Å². The van der Waals surface area contributed by atoms with Gasteiger partial charge < -0.3 is 14.7 Å². The lowest BCUT2D eigenvalue weighted by Gasteiger charge is -2.22. The van der Waals surface area contributed by atoms with Crippen LogP contribution in [0.2, 0.25) is 5.02 Å². The van der Waals surface area contributed by atoms with Crippen molar-refractivity contribution in [1.82, 2.24) is 0 Å². The van der Waals surface area contributed by atoms with E-state index in [2.05, 4.69) is 23.8 Å². The molecule has 7 nitrogen and oxygen atoms in total. The number of benzene rings is 2. The number of carboxylic acids is 1. The van der Waals surface area contributed by atoms with Crippen LogP contribution < -0.4 is 14.6 Å². The first-order chi connectivity index (χ1) is 15.3. The van der Waals surface area contributed by atoms with E-state index in [1.165, 1.54) is 17.1 Å². The molecule has 0 radical (unpaired) electrons. The van der Waals surface area contributed by atoms with Crippen molar-refractivity contribution < 1.29 is 19.4 Å². The highest BCUT2D eigenvalue weighted by molar-refractivity contribution is 6.34. The lowest BCUT2D eigenvalue weighted by Crippen LogP contribution is -2.22. The Labute approximate surface area is 192 Å². The van der Waals surface area contributed by atoms with Crippen LogP contribution in [0.5, 0.6) is 5.75 Å². The summed E-state index contributed by atoms with van der Waals surface area (Å²) in [6.45, 7) is 10.1. The van der Waals surface area contributed by atoms with Crippen LogP contribution in [0.4, 0.5) is 11.4 Å². The highest BCUT2D eigenvalue weighted by atomic mass is 35.5. The van der Waals surface area contributed by atoms with Gasteiger partial charge in [-0.25, -0.2) is 4.79 Å². The van der Waals surface area contributed by atoms with Gasteiger partial charge in [0.1, 0.15) is 5.75 Å². The molecule has 2 aromatic rings. The van der Waals surface area contributed by atoms with Gasteiger partial charge in [0.15, 0.2) is 0 Å². The van der Waals surface area contributed by atoms with Crippen LogP contribution in [0.25, 0.3) is 6.08 Å². The molecule has 0 bridgehead atoms. The first-order valence-electron chi connectivity index (χ1n) is 10.5. The number of nitrogens with zero attached hydrogens (tertiary/aromatic N) is 3. The largest absolute Gasteiger partial charge is 0.493 e. The standard InChI is InChI=1S/C24H26ClN3O4/c1-5-27(6-2)17-9-8-16(22(14-17)32-7-3)12-19-15(4)26-28(23(19)29)18-10-11-21(25)20(13-18)24(30)31/h8-14H,5-7H2,1-4H3,(H,30,31)/b19-12-. The average molecular weight is 456 g/mol. The van der Waals surface area contributed by atoms with Crippen LogP contribution in [-0.4, -0.2) is 42.4 Å². The van der Waals surface area contributed by atoms with E-state index in [1.54, 1.807) is 19.1 Å². The summed E-state index contributed by atoms with van der Waals surface area (Å²) in [4.78, 5) is 26.8. The fourth-order valence-corrected chi connectivity index (χ4v) is 3.73. The second-order valence-corrected chi connectivity index (χ2v) is 7.56. The molecular formula is C24H26ClN3O4. The number of carbonyl (C=O) groups is 2. The number of halogens is 1. The number of aromatic carboxylic acids is 1. The summed E-state index contributed by atoms with van der Waals surface area (Å²) in [6, 6.07) is 10.3. The second kappa shape index (κ2) is 9.87. The fraction of sp³-hybridized carbons (Fsp3) is 0.292. The van der Waals surface area contributed by atoms with E-state index in [1.807, 2.05) is 25.1 Å². The first kappa shape index (κ1) is 23.3. The Bertz CT molecular complexity index is 1110. The number of hydrogen-bond donors (Lipinski definition) is 1. The van der Waals surface area contributed by atoms with E-state index in [0.717, 1.165) is 24.3 Å². The monoisotopic (exact) mass is 455 g/mol. The Kier molecular flexibility index (Phi) is 7.20. The number of anilines is 2. The molecule has 32 heavy (non-hydrogen) atoms. The van der Waals surface area contributed by atoms with Crippen LogP contribution >= 0.6 is 11.6 Å². The van der Waals surface area contributed by atoms with Gasteiger partial charge in [-0.05, 0) is 64.1 Å². The second-order valence-electron chi connectivity index (χ2n) is 7.16. The molecule has 8 heteroatoms. The minimum absolute atomic E-state index is 0.0899. The third-order valence-corrected chi connectivity index (χ3v) is 5.54. The molecule has 0 spiro atoms. The maximum Gasteiger partial charge on any atom is 0.337 e. The molecule has 0 aromatic heterocycles. The molecule has 0 aliphatic carbocycles. The Hall–Kier alpha value is -3.32. The topological polar surface area (TPSA) is 82.4 Å². The molecule has 1 heterocycles. The van der Waals surface area contributed by atoms with Crippen molar-refractivity contribution in [1.29, 1.82) is 0 Å². The number of amides is 1. The van der Waals surface area contributed by atoms with Gasteiger partial charge >= 0.3 is 5.97 Å². The molecule has 0 fully saturated rings. The summed E-state index contributed by atoms with van der Waals surface area (Å²) < 4.78 is 5.85. The Morgan fingerprint density at radius 3 is 2.53 bits per heavy atom. The van der Waals surface area contributed by atoms with Crippen molar-refractivity contribution in [2.24, 2.45) is 5.10 Å². The van der Waals surface area contributed by atoms with Crippen LogP contribution in [-0.2, 0) is 4.79 Å².